The van der Waals surface area contributed by atoms with Crippen molar-refractivity contribution < 1.29 is 4.79 Å². The first-order chi connectivity index (χ1) is 9.04. The second-order valence-corrected chi connectivity index (χ2v) is 6.02. The first-order valence-electron chi connectivity index (χ1n) is 6.41. The Balaban J connectivity index is 2.36. The number of thiophene rings is 1. The van der Waals surface area contributed by atoms with Crippen LogP contribution in [0.5, 0.6) is 0 Å². The van der Waals surface area contributed by atoms with Crippen LogP contribution in [0.4, 0.5) is 10.7 Å². The van der Waals surface area contributed by atoms with E-state index in [1.807, 2.05) is 0 Å². The van der Waals surface area contributed by atoms with Crippen LogP contribution >= 0.6 is 11.3 Å². The highest BCUT2D eigenvalue weighted by atomic mass is 32.1. The third-order valence-electron chi connectivity index (χ3n) is 3.57. The molecule has 4 N–H and O–H groups in total. The van der Waals surface area contributed by atoms with Gasteiger partial charge in [-0.15, -0.1) is 11.3 Å². The fourth-order valence-electron chi connectivity index (χ4n) is 2.41. The van der Waals surface area contributed by atoms with Crippen LogP contribution in [-0.2, 0) is 0 Å². The lowest BCUT2D eigenvalue weighted by Crippen LogP contribution is -2.23. The number of nitrogens with two attached hydrogens (primary N) is 2. The summed E-state index contributed by atoms with van der Waals surface area (Å²) >= 11 is 1.24. The zero-order valence-electron chi connectivity index (χ0n) is 11.0. The molecule has 19 heavy (non-hydrogen) atoms. The molecule has 1 saturated heterocycles. The smallest absolute Gasteiger partial charge is 0.261 e. The van der Waals surface area contributed by atoms with Crippen LogP contribution in [0.3, 0.4) is 0 Å². The Morgan fingerprint density at radius 3 is 2.84 bits per heavy atom. The molecule has 0 spiro atoms. The summed E-state index contributed by atoms with van der Waals surface area (Å²) in [5.41, 5.74) is 11.8. The molecule has 1 amide bonds. The number of anilines is 2. The van der Waals surface area contributed by atoms with E-state index in [0.717, 1.165) is 30.9 Å². The highest BCUT2D eigenvalue weighted by Gasteiger charge is 2.24. The van der Waals surface area contributed by atoms with E-state index in [4.69, 9.17) is 11.5 Å². The molecule has 2 heterocycles. The number of nitrogens with zero attached hydrogens (tertiary/aromatic N) is 2. The van der Waals surface area contributed by atoms with Crippen molar-refractivity contribution in [2.45, 2.75) is 26.2 Å². The Labute approximate surface area is 116 Å². The third-order valence-corrected chi connectivity index (χ3v) is 4.85. The predicted molar refractivity (Wildman–Crippen MR) is 77.2 cm³/mol. The maximum atomic E-state index is 11.3. The summed E-state index contributed by atoms with van der Waals surface area (Å²) in [5, 5.41) is 10.0. The van der Waals surface area contributed by atoms with Gasteiger partial charge in [0.25, 0.3) is 5.91 Å². The number of rotatable bonds is 2. The quantitative estimate of drug-likeness (QED) is 0.863. The average molecular weight is 278 g/mol. The highest BCUT2D eigenvalue weighted by molar-refractivity contribution is 7.19. The lowest BCUT2D eigenvalue weighted by molar-refractivity contribution is 0.100. The first kappa shape index (κ1) is 13.7. The molecule has 1 unspecified atom stereocenters. The van der Waals surface area contributed by atoms with Crippen molar-refractivity contribution >= 4 is 27.9 Å². The standard InChI is InChI=1S/C13H18N4OS/c1-8-3-2-5-17(6-4-8)13-9(7-14)10(15)11(19-13)12(16)18/h8H,2-6,15H2,1H3,(H2,16,18). The van der Waals surface area contributed by atoms with Gasteiger partial charge in [-0.1, -0.05) is 6.92 Å². The number of carbonyl (C=O) groups excluding carboxylic acids is 1. The summed E-state index contributed by atoms with van der Waals surface area (Å²) in [6.07, 6.45) is 3.38. The number of amides is 1. The van der Waals surface area contributed by atoms with E-state index < -0.39 is 5.91 Å². The predicted octanol–water partition coefficient (Wildman–Crippen LogP) is 1.93. The van der Waals surface area contributed by atoms with Crippen LogP contribution in [0.2, 0.25) is 0 Å². The number of hydrogen-bond acceptors (Lipinski definition) is 5. The lowest BCUT2D eigenvalue weighted by Gasteiger charge is -2.21. The molecule has 1 aromatic heterocycles. The second kappa shape index (κ2) is 5.49. The van der Waals surface area contributed by atoms with E-state index >= 15 is 0 Å². The number of nitriles is 1. The maximum Gasteiger partial charge on any atom is 0.261 e. The number of primary amides is 1. The van der Waals surface area contributed by atoms with Crippen molar-refractivity contribution in [1.29, 1.82) is 5.26 Å². The Morgan fingerprint density at radius 1 is 1.47 bits per heavy atom. The van der Waals surface area contributed by atoms with Gasteiger partial charge < -0.3 is 16.4 Å². The van der Waals surface area contributed by atoms with E-state index in [1.54, 1.807) is 0 Å². The number of carbonyl (C=O) groups is 1. The van der Waals surface area contributed by atoms with Gasteiger partial charge in [0.2, 0.25) is 0 Å². The largest absolute Gasteiger partial charge is 0.396 e. The van der Waals surface area contributed by atoms with Gasteiger partial charge in [0.1, 0.15) is 21.5 Å². The van der Waals surface area contributed by atoms with Gasteiger partial charge in [-0.2, -0.15) is 5.26 Å². The zero-order valence-corrected chi connectivity index (χ0v) is 11.8. The van der Waals surface area contributed by atoms with Gasteiger partial charge in [-0.3, -0.25) is 4.79 Å². The third kappa shape index (κ3) is 2.66. The lowest BCUT2D eigenvalue weighted by atomic mass is 10.0. The molecule has 0 bridgehead atoms. The van der Waals surface area contributed by atoms with Crippen LogP contribution in [0, 0.1) is 17.2 Å². The SMILES string of the molecule is CC1CCCN(c2sc(C(N)=O)c(N)c2C#N)CC1. The molecule has 0 aromatic carbocycles. The van der Waals surface area contributed by atoms with E-state index in [0.29, 0.717) is 16.4 Å². The average Bonchev–Trinajstić information content (AvgIpc) is 2.54. The van der Waals surface area contributed by atoms with Crippen LogP contribution in [0.1, 0.15) is 41.4 Å². The number of hydrogen-bond donors (Lipinski definition) is 2. The van der Waals surface area contributed by atoms with Crippen LogP contribution < -0.4 is 16.4 Å². The topological polar surface area (TPSA) is 96.1 Å². The molecule has 1 aromatic rings. The van der Waals surface area contributed by atoms with Gasteiger partial charge in [0, 0.05) is 13.1 Å². The minimum atomic E-state index is -0.562. The Hall–Kier alpha value is -1.74. The molecular weight excluding hydrogens is 260 g/mol. The maximum absolute atomic E-state index is 11.3. The normalized spacial score (nSPS) is 19.8. The van der Waals surface area contributed by atoms with Crippen molar-refractivity contribution in [2.24, 2.45) is 11.7 Å². The van der Waals surface area contributed by atoms with E-state index in [1.165, 1.54) is 17.8 Å². The Morgan fingerprint density at radius 2 is 2.21 bits per heavy atom. The first-order valence-corrected chi connectivity index (χ1v) is 7.23. The molecule has 1 aliphatic heterocycles. The molecule has 0 aliphatic carbocycles. The summed E-state index contributed by atoms with van der Waals surface area (Å²) in [6, 6.07) is 2.10. The van der Waals surface area contributed by atoms with Gasteiger partial charge in [-0.25, -0.2) is 0 Å². The van der Waals surface area contributed by atoms with Crippen molar-refractivity contribution in [2.75, 3.05) is 23.7 Å². The molecule has 0 radical (unpaired) electrons. The number of nitrogen functional groups attached to an aromatic ring is 1. The van der Waals surface area contributed by atoms with Gasteiger partial charge in [-0.05, 0) is 25.2 Å². The summed E-state index contributed by atoms with van der Waals surface area (Å²) < 4.78 is 0. The molecule has 1 aliphatic rings. The fraction of sp³-hybridized carbons (Fsp3) is 0.538. The van der Waals surface area contributed by atoms with Crippen molar-refractivity contribution in [3.8, 4) is 6.07 Å². The summed E-state index contributed by atoms with van der Waals surface area (Å²) in [4.78, 5) is 13.8. The van der Waals surface area contributed by atoms with Crippen LogP contribution in [0.15, 0.2) is 0 Å². The fourth-order valence-corrected chi connectivity index (χ4v) is 3.49. The summed E-state index contributed by atoms with van der Waals surface area (Å²) in [7, 11) is 0. The van der Waals surface area contributed by atoms with Gasteiger partial charge in [0.15, 0.2) is 0 Å². The van der Waals surface area contributed by atoms with E-state index in [2.05, 4.69) is 17.9 Å². The minimum absolute atomic E-state index is 0.229. The summed E-state index contributed by atoms with van der Waals surface area (Å²) in [5.74, 6) is 0.136. The van der Waals surface area contributed by atoms with Crippen molar-refractivity contribution in [1.82, 2.24) is 0 Å². The molecule has 0 saturated carbocycles. The Kier molecular flexibility index (Phi) is 3.96. The molecule has 5 nitrogen and oxygen atoms in total. The summed E-state index contributed by atoms with van der Waals surface area (Å²) in [6.45, 7) is 4.04. The van der Waals surface area contributed by atoms with Gasteiger partial charge >= 0.3 is 0 Å². The molecule has 102 valence electrons. The second-order valence-electron chi connectivity index (χ2n) is 5.02. The molecular formula is C13H18N4OS. The molecule has 6 heteroatoms. The van der Waals surface area contributed by atoms with E-state index in [-0.39, 0.29) is 5.69 Å². The minimum Gasteiger partial charge on any atom is -0.396 e. The molecule has 2 rings (SSSR count). The Bertz CT molecular complexity index is 531. The molecule has 1 atom stereocenters. The molecule has 1 fully saturated rings. The monoisotopic (exact) mass is 278 g/mol. The van der Waals surface area contributed by atoms with Crippen molar-refractivity contribution in [3.63, 3.8) is 0 Å². The van der Waals surface area contributed by atoms with Gasteiger partial charge in [0.05, 0.1) is 5.69 Å². The van der Waals surface area contributed by atoms with Crippen LogP contribution in [-0.4, -0.2) is 19.0 Å². The zero-order chi connectivity index (χ0) is 14.0. The van der Waals surface area contributed by atoms with Crippen molar-refractivity contribution in [3.05, 3.63) is 10.4 Å². The van der Waals surface area contributed by atoms with Crippen LogP contribution in [0.25, 0.3) is 0 Å². The highest BCUT2D eigenvalue weighted by Crippen LogP contribution is 2.38. The van der Waals surface area contributed by atoms with E-state index in [9.17, 15) is 10.1 Å².